The molecule has 0 heterocycles. The molecule has 0 radical (unpaired) electrons. The predicted octanol–water partition coefficient (Wildman–Crippen LogP) is 2.73. The third-order valence-corrected chi connectivity index (χ3v) is 3.73. The highest BCUT2D eigenvalue weighted by atomic mass is 19.2. The first-order valence-electron chi connectivity index (χ1n) is 6.08. The van der Waals surface area contributed by atoms with E-state index in [0.29, 0.717) is 24.1 Å². The Bertz CT molecular complexity index is 657. The fourth-order valence-corrected chi connectivity index (χ4v) is 2.78. The third-order valence-electron chi connectivity index (χ3n) is 3.73. The molecule has 3 N–H and O–H groups in total. The van der Waals surface area contributed by atoms with Crippen LogP contribution >= 0.6 is 0 Å². The fourth-order valence-electron chi connectivity index (χ4n) is 2.78. The molecule has 1 atom stereocenters. The molecule has 3 rings (SSSR count). The molecule has 0 spiro atoms. The highest BCUT2D eigenvalue weighted by molar-refractivity contribution is 5.52. The topological polar surface area (TPSA) is 46.2 Å². The van der Waals surface area contributed by atoms with Gasteiger partial charge in [0.15, 0.2) is 11.6 Å². The number of benzene rings is 2. The highest BCUT2D eigenvalue weighted by Crippen LogP contribution is 2.43. The molecule has 2 aromatic carbocycles. The van der Waals surface area contributed by atoms with Crippen molar-refractivity contribution in [1.29, 1.82) is 0 Å². The number of hydrogen-bond acceptors (Lipinski definition) is 2. The quantitative estimate of drug-likeness (QED) is 0.775. The second kappa shape index (κ2) is 4.03. The van der Waals surface area contributed by atoms with Crippen molar-refractivity contribution in [2.24, 2.45) is 0 Å². The second-order valence-electron chi connectivity index (χ2n) is 4.88. The molecular formula is C15H13F2NO. The van der Waals surface area contributed by atoms with E-state index in [1.165, 1.54) is 12.1 Å². The van der Waals surface area contributed by atoms with Crippen LogP contribution in [-0.2, 0) is 12.0 Å². The third kappa shape index (κ3) is 1.71. The summed E-state index contributed by atoms with van der Waals surface area (Å²) >= 11 is 0. The zero-order valence-corrected chi connectivity index (χ0v) is 10.2. The van der Waals surface area contributed by atoms with Gasteiger partial charge in [0.2, 0.25) is 0 Å². The van der Waals surface area contributed by atoms with Crippen LogP contribution in [0.5, 0.6) is 0 Å². The van der Waals surface area contributed by atoms with Crippen molar-refractivity contribution in [3.8, 4) is 0 Å². The summed E-state index contributed by atoms with van der Waals surface area (Å²) < 4.78 is 27.2. The van der Waals surface area contributed by atoms with E-state index in [1.54, 1.807) is 18.2 Å². The van der Waals surface area contributed by atoms with Gasteiger partial charge in [0.1, 0.15) is 5.60 Å². The minimum Gasteiger partial charge on any atom is -0.399 e. The summed E-state index contributed by atoms with van der Waals surface area (Å²) in [6, 6.07) is 8.98. The molecule has 0 saturated heterocycles. The molecule has 0 bridgehead atoms. The first-order chi connectivity index (χ1) is 9.02. The van der Waals surface area contributed by atoms with Gasteiger partial charge in [0.25, 0.3) is 0 Å². The zero-order valence-electron chi connectivity index (χ0n) is 10.2. The van der Waals surface area contributed by atoms with Crippen LogP contribution in [0.2, 0.25) is 0 Å². The lowest BCUT2D eigenvalue weighted by atomic mass is 9.87. The van der Waals surface area contributed by atoms with E-state index in [1.807, 2.05) is 0 Å². The molecule has 1 aliphatic rings. The number of nitrogen functional groups attached to an aromatic ring is 1. The summed E-state index contributed by atoms with van der Waals surface area (Å²) in [5.41, 5.74) is 6.29. The van der Waals surface area contributed by atoms with E-state index < -0.39 is 17.2 Å². The molecule has 19 heavy (non-hydrogen) atoms. The lowest BCUT2D eigenvalue weighted by Gasteiger charge is -2.25. The standard InChI is InChI=1S/C15H13F2NO/c16-13-3-1-2-12(14(13)17)15(19)7-6-9-8-10(18)4-5-11(9)15/h1-5,8,19H,6-7,18H2. The van der Waals surface area contributed by atoms with Crippen LogP contribution in [0.3, 0.4) is 0 Å². The fraction of sp³-hybridized carbons (Fsp3) is 0.200. The van der Waals surface area contributed by atoms with Crippen molar-refractivity contribution in [3.05, 3.63) is 64.7 Å². The molecule has 2 nitrogen and oxygen atoms in total. The number of fused-ring (bicyclic) bond motifs is 1. The van der Waals surface area contributed by atoms with Gasteiger partial charge in [-0.3, -0.25) is 0 Å². The van der Waals surface area contributed by atoms with Crippen LogP contribution in [0.15, 0.2) is 36.4 Å². The van der Waals surface area contributed by atoms with Crippen LogP contribution in [-0.4, -0.2) is 5.11 Å². The van der Waals surface area contributed by atoms with Gasteiger partial charge in [-0.2, -0.15) is 0 Å². The van der Waals surface area contributed by atoms with E-state index >= 15 is 0 Å². The van der Waals surface area contributed by atoms with Crippen LogP contribution in [0.1, 0.15) is 23.1 Å². The van der Waals surface area contributed by atoms with E-state index in [-0.39, 0.29) is 5.56 Å². The maximum Gasteiger partial charge on any atom is 0.165 e. The van der Waals surface area contributed by atoms with Crippen molar-refractivity contribution in [1.82, 2.24) is 0 Å². The number of anilines is 1. The molecule has 0 amide bonds. The van der Waals surface area contributed by atoms with Gasteiger partial charge in [-0.05, 0) is 42.2 Å². The van der Waals surface area contributed by atoms with Crippen molar-refractivity contribution in [2.75, 3.05) is 5.73 Å². The highest BCUT2D eigenvalue weighted by Gasteiger charge is 2.40. The van der Waals surface area contributed by atoms with Crippen molar-refractivity contribution >= 4 is 5.69 Å². The van der Waals surface area contributed by atoms with Crippen molar-refractivity contribution in [2.45, 2.75) is 18.4 Å². The summed E-state index contributed by atoms with van der Waals surface area (Å²) in [5, 5.41) is 10.8. The Kier molecular flexibility index (Phi) is 2.57. The van der Waals surface area contributed by atoms with Crippen LogP contribution in [0.25, 0.3) is 0 Å². The summed E-state index contributed by atoms with van der Waals surface area (Å²) in [6.07, 6.45) is 0.916. The number of halogens is 2. The Morgan fingerprint density at radius 1 is 1.11 bits per heavy atom. The Morgan fingerprint density at radius 3 is 2.68 bits per heavy atom. The van der Waals surface area contributed by atoms with E-state index in [2.05, 4.69) is 0 Å². The van der Waals surface area contributed by atoms with Gasteiger partial charge in [0, 0.05) is 11.3 Å². The number of nitrogens with two attached hydrogens (primary N) is 1. The minimum atomic E-state index is -1.48. The van der Waals surface area contributed by atoms with Gasteiger partial charge in [-0.15, -0.1) is 0 Å². The van der Waals surface area contributed by atoms with Gasteiger partial charge in [0.05, 0.1) is 0 Å². The van der Waals surface area contributed by atoms with Crippen molar-refractivity contribution in [3.63, 3.8) is 0 Å². The maximum atomic E-state index is 13.9. The Balaban J connectivity index is 2.19. The first-order valence-corrected chi connectivity index (χ1v) is 6.08. The van der Waals surface area contributed by atoms with Crippen LogP contribution in [0.4, 0.5) is 14.5 Å². The summed E-state index contributed by atoms with van der Waals surface area (Å²) in [4.78, 5) is 0. The van der Waals surface area contributed by atoms with Crippen LogP contribution in [0, 0.1) is 11.6 Å². The average Bonchev–Trinajstić information content (AvgIpc) is 2.71. The van der Waals surface area contributed by atoms with Crippen LogP contribution < -0.4 is 5.73 Å². The summed E-state index contributed by atoms with van der Waals surface area (Å²) in [7, 11) is 0. The van der Waals surface area contributed by atoms with Crippen molar-refractivity contribution < 1.29 is 13.9 Å². The number of rotatable bonds is 1. The SMILES string of the molecule is Nc1ccc2c(c1)CCC2(O)c1cccc(F)c1F. The molecule has 0 fully saturated rings. The molecule has 1 aliphatic carbocycles. The Labute approximate surface area is 109 Å². The zero-order chi connectivity index (χ0) is 13.6. The van der Waals surface area contributed by atoms with E-state index in [9.17, 15) is 13.9 Å². The smallest absolute Gasteiger partial charge is 0.165 e. The molecule has 98 valence electrons. The molecule has 0 aliphatic heterocycles. The van der Waals surface area contributed by atoms with E-state index in [0.717, 1.165) is 11.6 Å². The predicted molar refractivity (Wildman–Crippen MR) is 68.5 cm³/mol. The molecule has 1 unspecified atom stereocenters. The van der Waals surface area contributed by atoms with E-state index in [4.69, 9.17) is 5.73 Å². The van der Waals surface area contributed by atoms with Gasteiger partial charge in [-0.25, -0.2) is 8.78 Å². The molecule has 2 aromatic rings. The maximum absolute atomic E-state index is 13.9. The molecule has 4 heteroatoms. The number of hydrogen-bond donors (Lipinski definition) is 2. The van der Waals surface area contributed by atoms with Gasteiger partial charge in [-0.1, -0.05) is 18.2 Å². The normalized spacial score (nSPS) is 21.4. The summed E-state index contributed by atoms with van der Waals surface area (Å²) in [5.74, 6) is -1.94. The molecular weight excluding hydrogens is 248 g/mol. The number of aryl methyl sites for hydroxylation is 1. The first kappa shape index (κ1) is 12.1. The van der Waals surface area contributed by atoms with Gasteiger partial charge >= 0.3 is 0 Å². The monoisotopic (exact) mass is 261 g/mol. The Hall–Kier alpha value is -1.94. The largest absolute Gasteiger partial charge is 0.399 e. The van der Waals surface area contributed by atoms with Gasteiger partial charge < -0.3 is 10.8 Å². The average molecular weight is 261 g/mol. The number of aliphatic hydroxyl groups is 1. The minimum absolute atomic E-state index is 0.0176. The Morgan fingerprint density at radius 2 is 1.89 bits per heavy atom. The second-order valence-corrected chi connectivity index (χ2v) is 4.88. The lowest BCUT2D eigenvalue weighted by molar-refractivity contribution is 0.0781. The molecule has 0 aromatic heterocycles. The lowest BCUT2D eigenvalue weighted by Crippen LogP contribution is -2.25. The summed E-state index contributed by atoms with van der Waals surface area (Å²) in [6.45, 7) is 0. The molecule has 0 saturated carbocycles.